The molecule has 2 aromatic rings. The smallest absolute Gasteiger partial charge is 0.201 e. The Kier molecular flexibility index (Phi) is 8.03. The van der Waals surface area contributed by atoms with Gasteiger partial charge >= 0.3 is 0 Å². The first kappa shape index (κ1) is 17.7. The Morgan fingerprint density at radius 2 is 2.05 bits per heavy atom. The largest absolute Gasteiger partial charge is 0.497 e. The Labute approximate surface area is 130 Å². The fraction of sp³-hybridized carbons (Fsp3) is 0.462. The molecule has 1 N–H and O–H groups in total. The number of thiazole rings is 1. The van der Waals surface area contributed by atoms with Gasteiger partial charge in [-0.25, -0.2) is 18.1 Å². The summed E-state index contributed by atoms with van der Waals surface area (Å²) in [5, 5.41) is 0. The number of hydrogen-bond donors (Lipinski definition) is 2. The number of nitrogens with one attached hydrogen (secondary N) is 1. The summed E-state index contributed by atoms with van der Waals surface area (Å²) < 4.78 is 33.3. The van der Waals surface area contributed by atoms with Gasteiger partial charge in [0.05, 0.1) is 24.4 Å². The lowest BCUT2D eigenvalue weighted by Gasteiger charge is -2.03. The van der Waals surface area contributed by atoms with Crippen LogP contribution in [0.2, 0.25) is 0 Å². The molecule has 0 spiro atoms. The van der Waals surface area contributed by atoms with Crippen LogP contribution in [0.15, 0.2) is 17.6 Å². The van der Waals surface area contributed by atoms with Crippen molar-refractivity contribution in [3.63, 3.8) is 0 Å². The zero-order valence-corrected chi connectivity index (χ0v) is 14.0. The molecule has 1 aromatic carbocycles. The minimum atomic E-state index is -2.36. The van der Waals surface area contributed by atoms with Gasteiger partial charge in [0.2, 0.25) is 10.9 Å². The van der Waals surface area contributed by atoms with Gasteiger partial charge in [0.15, 0.2) is 0 Å². The van der Waals surface area contributed by atoms with E-state index >= 15 is 0 Å². The van der Waals surface area contributed by atoms with Crippen LogP contribution >= 0.6 is 11.3 Å². The van der Waals surface area contributed by atoms with E-state index < -0.39 is 10.9 Å². The number of hydrogen-bond acceptors (Lipinski definition) is 6. The second-order valence-corrected chi connectivity index (χ2v) is 5.76. The third-order valence-corrected chi connectivity index (χ3v) is 3.86. The molecule has 21 heavy (non-hydrogen) atoms. The number of methoxy groups -OCH3 is 2. The quantitative estimate of drug-likeness (QED) is 0.626. The van der Waals surface area contributed by atoms with Crippen molar-refractivity contribution in [2.24, 2.45) is 0 Å². The molecule has 0 bridgehead atoms. The average Bonchev–Trinajstić information content (AvgIpc) is 2.95. The Bertz CT molecular complexity index is 618. The third kappa shape index (κ3) is 5.86. The Morgan fingerprint density at radius 1 is 1.29 bits per heavy atom. The van der Waals surface area contributed by atoms with Crippen LogP contribution in [-0.2, 0) is 10.9 Å². The van der Waals surface area contributed by atoms with Crippen molar-refractivity contribution in [3.05, 3.63) is 17.6 Å². The summed E-state index contributed by atoms with van der Waals surface area (Å²) in [5.74, 6) is 1.56. The number of fused-ring (bicyclic) bond motifs is 1. The van der Waals surface area contributed by atoms with Gasteiger partial charge in [-0.1, -0.05) is 13.3 Å². The molecule has 118 valence electrons. The minimum Gasteiger partial charge on any atom is -0.497 e. The van der Waals surface area contributed by atoms with E-state index in [0.29, 0.717) is 6.54 Å². The molecular weight excluding hydrogens is 312 g/mol. The second kappa shape index (κ2) is 9.54. The highest BCUT2D eigenvalue weighted by molar-refractivity contribution is 7.70. The van der Waals surface area contributed by atoms with E-state index in [1.165, 1.54) is 0 Å². The third-order valence-electron chi connectivity index (χ3n) is 2.60. The molecule has 0 unspecified atom stereocenters. The summed E-state index contributed by atoms with van der Waals surface area (Å²) in [6.07, 6.45) is 1.94. The van der Waals surface area contributed by atoms with E-state index in [0.717, 1.165) is 34.6 Å². The van der Waals surface area contributed by atoms with Gasteiger partial charge in [-0.05, 0) is 12.5 Å². The lowest BCUT2D eigenvalue weighted by atomic mass is 10.3. The maximum Gasteiger partial charge on any atom is 0.201 e. The predicted octanol–water partition coefficient (Wildman–Crippen LogP) is 2.22. The van der Waals surface area contributed by atoms with Crippen molar-refractivity contribution in [3.8, 4) is 11.5 Å². The molecule has 0 atom stereocenters. The van der Waals surface area contributed by atoms with Crippen LogP contribution in [0, 0.1) is 0 Å². The van der Waals surface area contributed by atoms with Gasteiger partial charge in [0.25, 0.3) is 0 Å². The lowest BCUT2D eigenvalue weighted by molar-refractivity contribution is 0.397. The molecule has 0 radical (unpaired) electrons. The highest BCUT2D eigenvalue weighted by Gasteiger charge is 2.06. The van der Waals surface area contributed by atoms with Crippen molar-refractivity contribution in [1.82, 2.24) is 9.71 Å². The molecule has 0 saturated carbocycles. The van der Waals surface area contributed by atoms with Crippen LogP contribution < -0.4 is 14.2 Å². The van der Waals surface area contributed by atoms with Gasteiger partial charge in [-0.15, -0.1) is 11.3 Å². The molecule has 1 aromatic heterocycles. The highest BCUT2D eigenvalue weighted by Crippen LogP contribution is 2.32. The first-order valence-corrected chi connectivity index (χ1v) is 8.51. The molecule has 0 fully saturated rings. The Morgan fingerprint density at radius 3 is 2.62 bits per heavy atom. The fourth-order valence-corrected chi connectivity index (χ4v) is 2.59. The van der Waals surface area contributed by atoms with Gasteiger partial charge < -0.3 is 9.47 Å². The maximum atomic E-state index is 9.80. The zero-order valence-electron chi connectivity index (χ0n) is 12.3. The first-order valence-electron chi connectivity index (χ1n) is 6.45. The van der Waals surface area contributed by atoms with Crippen LogP contribution in [0.4, 0.5) is 0 Å². The van der Waals surface area contributed by atoms with Crippen molar-refractivity contribution in [1.29, 1.82) is 0 Å². The average molecular weight is 332 g/mol. The van der Waals surface area contributed by atoms with Gasteiger partial charge in [-0.3, -0.25) is 0 Å². The number of thiol groups is 1. The fourth-order valence-electron chi connectivity index (χ4n) is 1.53. The molecule has 0 aliphatic heterocycles. The molecule has 0 saturated heterocycles. The van der Waals surface area contributed by atoms with Crippen molar-refractivity contribution in [2.45, 2.75) is 19.8 Å². The number of aromatic nitrogens is 1. The number of nitrogens with zero attached hydrogens (tertiary/aromatic N) is 1. The lowest BCUT2D eigenvalue weighted by Crippen LogP contribution is -2.11. The molecule has 6 nitrogen and oxygen atoms in total. The summed E-state index contributed by atoms with van der Waals surface area (Å²) in [4.78, 5) is 4.20. The molecule has 8 heteroatoms. The van der Waals surface area contributed by atoms with E-state index in [2.05, 4.69) is 9.71 Å². The van der Waals surface area contributed by atoms with Crippen LogP contribution in [0.1, 0.15) is 19.8 Å². The summed E-state index contributed by atoms with van der Waals surface area (Å²) >= 11 is 1.58. The monoisotopic (exact) mass is 332 g/mol. The molecule has 2 rings (SSSR count). The van der Waals surface area contributed by atoms with E-state index in [1.54, 1.807) is 31.1 Å². The second-order valence-electron chi connectivity index (χ2n) is 4.05. The zero-order chi connectivity index (χ0) is 15.7. The molecule has 0 aliphatic carbocycles. The number of ether oxygens (including phenoxy) is 2. The summed E-state index contributed by atoms with van der Waals surface area (Å²) in [6.45, 7) is 2.59. The summed E-state index contributed by atoms with van der Waals surface area (Å²) in [7, 11) is 0.911. The SMILES string of the molecule is CCCCN[SH](=O)=O.COc1cc(OC)c2ncsc2c1. The van der Waals surface area contributed by atoms with E-state index in [4.69, 9.17) is 9.47 Å². The topological polar surface area (TPSA) is 77.5 Å². The number of unbranched alkanes of at least 4 members (excludes halogenated alkanes) is 1. The van der Waals surface area contributed by atoms with Gasteiger partial charge in [-0.2, -0.15) is 0 Å². The summed E-state index contributed by atoms with van der Waals surface area (Å²) in [5.41, 5.74) is 2.69. The number of rotatable bonds is 6. The van der Waals surface area contributed by atoms with Crippen LogP contribution in [-0.4, -0.2) is 34.2 Å². The molecule has 1 heterocycles. The molecular formula is C13H20N2O4S2. The van der Waals surface area contributed by atoms with Crippen molar-refractivity contribution >= 4 is 32.4 Å². The normalized spacial score (nSPS) is 10.3. The van der Waals surface area contributed by atoms with Crippen molar-refractivity contribution in [2.75, 3.05) is 20.8 Å². The summed E-state index contributed by atoms with van der Waals surface area (Å²) in [6, 6.07) is 3.79. The van der Waals surface area contributed by atoms with Crippen molar-refractivity contribution < 1.29 is 17.9 Å². The maximum absolute atomic E-state index is 9.80. The number of benzene rings is 1. The van der Waals surface area contributed by atoms with Crippen LogP contribution in [0.5, 0.6) is 11.5 Å². The Hall–Kier alpha value is -1.38. The Balaban J connectivity index is 0.000000240. The first-order chi connectivity index (χ1) is 10.1. The van der Waals surface area contributed by atoms with Gasteiger partial charge in [0.1, 0.15) is 17.0 Å². The molecule has 0 amide bonds. The van der Waals surface area contributed by atoms with E-state index in [9.17, 15) is 8.42 Å². The van der Waals surface area contributed by atoms with Crippen LogP contribution in [0.25, 0.3) is 10.2 Å². The van der Waals surface area contributed by atoms with E-state index in [1.807, 2.05) is 19.1 Å². The van der Waals surface area contributed by atoms with Crippen LogP contribution in [0.3, 0.4) is 0 Å². The highest BCUT2D eigenvalue weighted by atomic mass is 32.2. The minimum absolute atomic E-state index is 0.579. The molecule has 0 aliphatic rings. The predicted molar refractivity (Wildman–Crippen MR) is 85.9 cm³/mol. The van der Waals surface area contributed by atoms with E-state index in [-0.39, 0.29) is 0 Å². The van der Waals surface area contributed by atoms with Gasteiger partial charge in [0, 0.05) is 12.6 Å². The standard InChI is InChI=1S/C9H9NO2S.C4H11NO2S/c1-11-6-3-7(12-2)9-8(4-6)13-5-10-9;1-2-3-4-5-8(6)7/h3-5H,1-2H3;8H,2-4H2,1H3,(H,5,6,7).